The molecule has 16 heavy (non-hydrogen) atoms. The molecule has 2 rings (SSSR count). The maximum atomic E-state index is 10.6. The molecule has 0 bridgehead atoms. The first kappa shape index (κ1) is 11.1. The fourth-order valence-corrected chi connectivity index (χ4v) is 2.11. The van der Waals surface area contributed by atoms with E-state index in [0.29, 0.717) is 12.5 Å². The van der Waals surface area contributed by atoms with Gasteiger partial charge in [0.15, 0.2) is 0 Å². The highest BCUT2D eigenvalue weighted by Crippen LogP contribution is 2.33. The molecule has 1 aliphatic carbocycles. The van der Waals surface area contributed by atoms with Crippen LogP contribution in [0.1, 0.15) is 24.0 Å². The molecule has 2 unspecified atom stereocenters. The first-order chi connectivity index (χ1) is 7.68. The summed E-state index contributed by atoms with van der Waals surface area (Å²) in [6, 6.07) is 8.44. The Morgan fingerprint density at radius 3 is 3.00 bits per heavy atom. The van der Waals surface area contributed by atoms with Crippen molar-refractivity contribution in [3.63, 3.8) is 0 Å². The highest BCUT2D eigenvalue weighted by molar-refractivity contribution is 5.69. The Morgan fingerprint density at radius 2 is 2.31 bits per heavy atom. The molecule has 0 amide bonds. The Hall–Kier alpha value is -1.35. The van der Waals surface area contributed by atoms with E-state index in [9.17, 15) is 4.79 Å². The maximum Gasteiger partial charge on any atom is 0.307 e. The average Bonchev–Trinajstić information content (AvgIpc) is 2.24. The Bertz CT molecular complexity index is 389. The van der Waals surface area contributed by atoms with Crippen LogP contribution in [0.5, 0.6) is 0 Å². The number of hydrogen-bond acceptors (Lipinski definition) is 2. The number of fused-ring (bicyclic) bond motifs is 1. The molecule has 0 aromatic heterocycles. The van der Waals surface area contributed by atoms with E-state index in [4.69, 9.17) is 5.11 Å². The minimum Gasteiger partial charge on any atom is -0.481 e. The molecule has 3 nitrogen and oxygen atoms in total. The number of nitrogens with one attached hydrogen (secondary N) is 1. The van der Waals surface area contributed by atoms with Gasteiger partial charge in [-0.1, -0.05) is 31.2 Å². The summed E-state index contributed by atoms with van der Waals surface area (Å²) in [4.78, 5) is 10.6. The third-order valence-electron chi connectivity index (χ3n) is 3.22. The van der Waals surface area contributed by atoms with Gasteiger partial charge in [0.2, 0.25) is 0 Å². The molecule has 2 atom stereocenters. The number of hydrogen-bond donors (Lipinski definition) is 2. The van der Waals surface area contributed by atoms with Gasteiger partial charge in [-0.25, -0.2) is 0 Å². The monoisotopic (exact) mass is 219 g/mol. The van der Waals surface area contributed by atoms with Crippen molar-refractivity contribution >= 4 is 5.97 Å². The summed E-state index contributed by atoms with van der Waals surface area (Å²) >= 11 is 0. The lowest BCUT2D eigenvalue weighted by molar-refractivity contribution is -0.140. The summed E-state index contributed by atoms with van der Waals surface area (Å²) in [5, 5.41) is 12.0. The van der Waals surface area contributed by atoms with Crippen LogP contribution in [-0.2, 0) is 11.2 Å². The van der Waals surface area contributed by atoms with E-state index in [0.717, 1.165) is 13.0 Å². The summed E-state index contributed by atoms with van der Waals surface area (Å²) < 4.78 is 0. The zero-order chi connectivity index (χ0) is 11.5. The first-order valence-corrected chi connectivity index (χ1v) is 5.70. The summed E-state index contributed by atoms with van der Waals surface area (Å²) in [6.45, 7) is 3.16. The van der Waals surface area contributed by atoms with Crippen molar-refractivity contribution in [3.05, 3.63) is 35.4 Å². The highest BCUT2D eigenvalue weighted by Gasteiger charge is 2.24. The van der Waals surface area contributed by atoms with E-state index >= 15 is 0 Å². The van der Waals surface area contributed by atoms with Crippen molar-refractivity contribution in [1.29, 1.82) is 0 Å². The molecule has 0 spiro atoms. The van der Waals surface area contributed by atoms with Crippen LogP contribution in [0.25, 0.3) is 0 Å². The number of aliphatic carboxylic acids is 1. The standard InChI is InChI=1S/C13H17NO2/c1-9(13(15)16)7-14-8-11-6-10-4-2-3-5-12(10)11/h2-5,9,11,14H,6-8H2,1H3,(H,15,16). The van der Waals surface area contributed by atoms with Crippen molar-refractivity contribution in [1.82, 2.24) is 5.32 Å². The van der Waals surface area contributed by atoms with Crippen molar-refractivity contribution in [3.8, 4) is 0 Å². The molecule has 0 fully saturated rings. The second-order valence-corrected chi connectivity index (χ2v) is 4.50. The molecule has 3 heteroatoms. The molecular formula is C13H17NO2. The van der Waals surface area contributed by atoms with Gasteiger partial charge in [0, 0.05) is 19.0 Å². The van der Waals surface area contributed by atoms with Gasteiger partial charge in [-0.05, 0) is 17.5 Å². The molecule has 1 aromatic rings. The average molecular weight is 219 g/mol. The summed E-state index contributed by atoms with van der Waals surface area (Å²) in [6.07, 6.45) is 1.12. The topological polar surface area (TPSA) is 49.3 Å². The van der Waals surface area contributed by atoms with Gasteiger partial charge in [-0.3, -0.25) is 4.79 Å². The molecule has 86 valence electrons. The third-order valence-corrected chi connectivity index (χ3v) is 3.22. The minimum absolute atomic E-state index is 0.310. The fourth-order valence-electron chi connectivity index (χ4n) is 2.11. The van der Waals surface area contributed by atoms with Gasteiger partial charge in [0.05, 0.1) is 5.92 Å². The molecule has 0 aliphatic heterocycles. The number of rotatable bonds is 5. The molecular weight excluding hydrogens is 202 g/mol. The predicted molar refractivity (Wildman–Crippen MR) is 62.6 cm³/mol. The van der Waals surface area contributed by atoms with Gasteiger partial charge >= 0.3 is 5.97 Å². The third kappa shape index (κ3) is 2.25. The van der Waals surface area contributed by atoms with Crippen LogP contribution in [-0.4, -0.2) is 24.2 Å². The second-order valence-electron chi connectivity index (χ2n) is 4.50. The lowest BCUT2D eigenvalue weighted by Gasteiger charge is -2.30. The lowest BCUT2D eigenvalue weighted by atomic mass is 9.77. The summed E-state index contributed by atoms with van der Waals surface area (Å²) in [5.74, 6) is -0.478. The van der Waals surface area contributed by atoms with Crippen LogP contribution in [0.2, 0.25) is 0 Å². The quantitative estimate of drug-likeness (QED) is 0.791. The van der Waals surface area contributed by atoms with Gasteiger partial charge < -0.3 is 10.4 Å². The van der Waals surface area contributed by atoms with Gasteiger partial charge in [0.1, 0.15) is 0 Å². The Kier molecular flexibility index (Phi) is 3.25. The zero-order valence-electron chi connectivity index (χ0n) is 9.44. The second kappa shape index (κ2) is 4.66. The van der Waals surface area contributed by atoms with Crippen LogP contribution < -0.4 is 5.32 Å². The predicted octanol–water partition coefficient (Wildman–Crippen LogP) is 1.64. The Labute approximate surface area is 95.5 Å². The van der Waals surface area contributed by atoms with Crippen LogP contribution in [0.4, 0.5) is 0 Å². The largest absolute Gasteiger partial charge is 0.481 e. The molecule has 1 aliphatic rings. The molecule has 0 saturated heterocycles. The Balaban J connectivity index is 1.76. The van der Waals surface area contributed by atoms with Gasteiger partial charge in [-0.2, -0.15) is 0 Å². The zero-order valence-corrected chi connectivity index (χ0v) is 9.44. The normalized spacial score (nSPS) is 19.7. The highest BCUT2D eigenvalue weighted by atomic mass is 16.4. The smallest absolute Gasteiger partial charge is 0.307 e. The lowest BCUT2D eigenvalue weighted by Crippen LogP contribution is -2.33. The summed E-state index contributed by atoms with van der Waals surface area (Å²) in [7, 11) is 0. The molecule has 0 heterocycles. The number of carbonyl (C=O) groups is 1. The molecule has 0 radical (unpaired) electrons. The van der Waals surface area contributed by atoms with Crippen LogP contribution in [0.3, 0.4) is 0 Å². The number of benzene rings is 1. The number of carboxylic acids is 1. The van der Waals surface area contributed by atoms with E-state index in [1.807, 2.05) is 0 Å². The van der Waals surface area contributed by atoms with Crippen LogP contribution in [0, 0.1) is 5.92 Å². The van der Waals surface area contributed by atoms with Crippen molar-refractivity contribution in [2.24, 2.45) is 5.92 Å². The maximum absolute atomic E-state index is 10.6. The van der Waals surface area contributed by atoms with Crippen molar-refractivity contribution in [2.45, 2.75) is 19.3 Å². The van der Waals surface area contributed by atoms with Crippen LogP contribution in [0.15, 0.2) is 24.3 Å². The minimum atomic E-state index is -0.735. The van der Waals surface area contributed by atoms with E-state index in [2.05, 4.69) is 29.6 Å². The van der Waals surface area contributed by atoms with E-state index in [1.54, 1.807) is 6.92 Å². The number of carboxylic acid groups (broad SMARTS) is 1. The van der Waals surface area contributed by atoms with E-state index in [1.165, 1.54) is 11.1 Å². The summed E-state index contributed by atoms with van der Waals surface area (Å²) in [5.41, 5.74) is 2.85. The SMILES string of the molecule is CC(CNCC1Cc2ccccc21)C(=O)O. The fraction of sp³-hybridized carbons (Fsp3) is 0.462. The molecule has 2 N–H and O–H groups in total. The van der Waals surface area contributed by atoms with Gasteiger partial charge in [0.25, 0.3) is 0 Å². The van der Waals surface area contributed by atoms with Gasteiger partial charge in [-0.15, -0.1) is 0 Å². The van der Waals surface area contributed by atoms with Crippen LogP contribution >= 0.6 is 0 Å². The molecule has 0 saturated carbocycles. The van der Waals surface area contributed by atoms with Crippen molar-refractivity contribution < 1.29 is 9.90 Å². The molecule has 1 aromatic carbocycles. The Morgan fingerprint density at radius 1 is 1.56 bits per heavy atom. The van der Waals surface area contributed by atoms with E-state index < -0.39 is 5.97 Å². The van der Waals surface area contributed by atoms with E-state index in [-0.39, 0.29) is 5.92 Å². The van der Waals surface area contributed by atoms with Crippen molar-refractivity contribution in [2.75, 3.05) is 13.1 Å². The first-order valence-electron chi connectivity index (χ1n) is 5.70.